The third-order valence-corrected chi connectivity index (χ3v) is 3.17. The van der Waals surface area contributed by atoms with Crippen LogP contribution in [0.3, 0.4) is 0 Å². The Kier molecular flexibility index (Phi) is 4.48. The standard InChI is InChI=1S/C16H17FN2O/c1-2-11-5-3-4-6-14(11)16(20)19-13-7-8-15(17)12(9-13)10-18/h3-9H,2,10,18H2,1H3,(H,19,20). The topological polar surface area (TPSA) is 55.1 Å². The summed E-state index contributed by atoms with van der Waals surface area (Å²) in [4.78, 5) is 12.2. The van der Waals surface area contributed by atoms with Crippen LogP contribution in [0.1, 0.15) is 28.4 Å². The molecule has 1 amide bonds. The van der Waals surface area contributed by atoms with Crippen molar-refractivity contribution in [2.75, 3.05) is 5.32 Å². The lowest BCUT2D eigenvalue weighted by Gasteiger charge is -2.10. The second kappa shape index (κ2) is 6.30. The summed E-state index contributed by atoms with van der Waals surface area (Å²) in [6.45, 7) is 2.09. The molecule has 0 aromatic heterocycles. The second-order valence-electron chi connectivity index (χ2n) is 4.48. The van der Waals surface area contributed by atoms with Crippen LogP contribution in [-0.2, 0) is 13.0 Å². The molecule has 0 saturated heterocycles. The Hall–Kier alpha value is -2.20. The molecule has 3 nitrogen and oxygen atoms in total. The smallest absolute Gasteiger partial charge is 0.255 e. The highest BCUT2D eigenvalue weighted by molar-refractivity contribution is 6.05. The lowest BCUT2D eigenvalue weighted by Crippen LogP contribution is -2.14. The average Bonchev–Trinajstić information content (AvgIpc) is 2.49. The first-order valence-corrected chi connectivity index (χ1v) is 6.53. The van der Waals surface area contributed by atoms with E-state index < -0.39 is 0 Å². The van der Waals surface area contributed by atoms with Gasteiger partial charge in [0.25, 0.3) is 5.91 Å². The zero-order valence-electron chi connectivity index (χ0n) is 11.3. The van der Waals surface area contributed by atoms with E-state index in [0.717, 1.165) is 12.0 Å². The molecule has 0 atom stereocenters. The van der Waals surface area contributed by atoms with Gasteiger partial charge in [-0.25, -0.2) is 4.39 Å². The van der Waals surface area contributed by atoms with Crippen molar-refractivity contribution in [2.24, 2.45) is 5.73 Å². The molecule has 2 aromatic rings. The third-order valence-electron chi connectivity index (χ3n) is 3.17. The van der Waals surface area contributed by atoms with E-state index in [4.69, 9.17) is 5.73 Å². The number of carbonyl (C=O) groups is 1. The van der Waals surface area contributed by atoms with E-state index in [9.17, 15) is 9.18 Å². The number of amides is 1. The maximum atomic E-state index is 13.4. The molecule has 0 saturated carbocycles. The Morgan fingerprint density at radius 1 is 1.20 bits per heavy atom. The van der Waals surface area contributed by atoms with Crippen LogP contribution in [0.2, 0.25) is 0 Å². The largest absolute Gasteiger partial charge is 0.326 e. The van der Waals surface area contributed by atoms with Gasteiger partial charge in [-0.2, -0.15) is 0 Å². The summed E-state index contributed by atoms with van der Waals surface area (Å²) in [7, 11) is 0. The normalized spacial score (nSPS) is 10.3. The molecule has 2 rings (SSSR count). The molecule has 0 spiro atoms. The Morgan fingerprint density at radius 2 is 1.95 bits per heavy atom. The average molecular weight is 272 g/mol. The van der Waals surface area contributed by atoms with E-state index in [1.165, 1.54) is 12.1 Å². The molecule has 3 N–H and O–H groups in total. The molecular formula is C16H17FN2O. The van der Waals surface area contributed by atoms with E-state index in [-0.39, 0.29) is 18.3 Å². The maximum Gasteiger partial charge on any atom is 0.255 e. The van der Waals surface area contributed by atoms with Crippen LogP contribution in [0.4, 0.5) is 10.1 Å². The predicted octanol–water partition coefficient (Wildman–Crippen LogP) is 3.10. The van der Waals surface area contributed by atoms with Crippen molar-refractivity contribution in [3.8, 4) is 0 Å². The van der Waals surface area contributed by atoms with Crippen LogP contribution in [0.25, 0.3) is 0 Å². The van der Waals surface area contributed by atoms with Gasteiger partial charge in [0.15, 0.2) is 0 Å². The first-order valence-electron chi connectivity index (χ1n) is 6.53. The van der Waals surface area contributed by atoms with Crippen molar-refractivity contribution >= 4 is 11.6 Å². The molecular weight excluding hydrogens is 255 g/mol. The number of nitrogens with two attached hydrogens (primary N) is 1. The Balaban J connectivity index is 2.23. The van der Waals surface area contributed by atoms with Gasteiger partial charge in [-0.05, 0) is 36.2 Å². The minimum absolute atomic E-state index is 0.0983. The van der Waals surface area contributed by atoms with Gasteiger partial charge in [0.1, 0.15) is 5.82 Å². The Labute approximate surface area is 117 Å². The van der Waals surface area contributed by atoms with Gasteiger partial charge in [-0.15, -0.1) is 0 Å². The van der Waals surface area contributed by atoms with Crippen LogP contribution in [-0.4, -0.2) is 5.91 Å². The summed E-state index contributed by atoms with van der Waals surface area (Å²) >= 11 is 0. The molecule has 0 bridgehead atoms. The highest BCUT2D eigenvalue weighted by Gasteiger charge is 2.11. The number of hydrogen-bond donors (Lipinski definition) is 2. The van der Waals surface area contributed by atoms with E-state index >= 15 is 0 Å². The van der Waals surface area contributed by atoms with Crippen molar-refractivity contribution in [1.82, 2.24) is 0 Å². The fourth-order valence-corrected chi connectivity index (χ4v) is 2.06. The summed E-state index contributed by atoms with van der Waals surface area (Å²) in [6, 6.07) is 11.8. The van der Waals surface area contributed by atoms with Gasteiger partial charge in [0.05, 0.1) is 0 Å². The highest BCUT2D eigenvalue weighted by atomic mass is 19.1. The Bertz CT molecular complexity index is 626. The molecule has 0 radical (unpaired) electrons. The fourth-order valence-electron chi connectivity index (χ4n) is 2.06. The van der Waals surface area contributed by atoms with Gasteiger partial charge < -0.3 is 11.1 Å². The second-order valence-corrected chi connectivity index (χ2v) is 4.48. The number of carbonyl (C=O) groups excluding carboxylic acids is 1. The third kappa shape index (κ3) is 3.03. The molecule has 0 aliphatic carbocycles. The quantitative estimate of drug-likeness (QED) is 0.898. The van der Waals surface area contributed by atoms with Crippen molar-refractivity contribution in [3.63, 3.8) is 0 Å². The van der Waals surface area contributed by atoms with Crippen molar-refractivity contribution in [3.05, 3.63) is 65.0 Å². The number of rotatable bonds is 4. The first-order chi connectivity index (χ1) is 9.65. The molecule has 2 aromatic carbocycles. The molecule has 0 aliphatic heterocycles. The van der Waals surface area contributed by atoms with Crippen LogP contribution in [0, 0.1) is 5.82 Å². The SMILES string of the molecule is CCc1ccccc1C(=O)Nc1ccc(F)c(CN)c1. The van der Waals surface area contributed by atoms with E-state index in [1.807, 2.05) is 25.1 Å². The summed E-state index contributed by atoms with van der Waals surface area (Å²) in [5.74, 6) is -0.559. The van der Waals surface area contributed by atoms with Gasteiger partial charge in [-0.3, -0.25) is 4.79 Å². The van der Waals surface area contributed by atoms with Crippen molar-refractivity contribution in [2.45, 2.75) is 19.9 Å². The molecule has 0 unspecified atom stereocenters. The van der Waals surface area contributed by atoms with Gasteiger partial charge >= 0.3 is 0 Å². The molecule has 20 heavy (non-hydrogen) atoms. The number of hydrogen-bond acceptors (Lipinski definition) is 2. The zero-order valence-corrected chi connectivity index (χ0v) is 11.3. The van der Waals surface area contributed by atoms with Crippen LogP contribution >= 0.6 is 0 Å². The van der Waals surface area contributed by atoms with Crippen LogP contribution in [0.15, 0.2) is 42.5 Å². The molecule has 4 heteroatoms. The Morgan fingerprint density at radius 3 is 2.65 bits per heavy atom. The summed E-state index contributed by atoms with van der Waals surface area (Å²) in [5, 5.41) is 2.77. The van der Waals surface area contributed by atoms with Crippen molar-refractivity contribution < 1.29 is 9.18 Å². The number of aryl methyl sites for hydroxylation is 1. The minimum atomic E-state index is -0.362. The molecule has 0 fully saturated rings. The lowest BCUT2D eigenvalue weighted by molar-refractivity contribution is 0.102. The van der Waals surface area contributed by atoms with Gasteiger partial charge in [-0.1, -0.05) is 25.1 Å². The predicted molar refractivity (Wildman–Crippen MR) is 78.1 cm³/mol. The first kappa shape index (κ1) is 14.2. The summed E-state index contributed by atoms with van der Waals surface area (Å²) < 4.78 is 13.4. The number of halogens is 1. The number of nitrogens with one attached hydrogen (secondary N) is 1. The zero-order chi connectivity index (χ0) is 14.5. The number of anilines is 1. The van der Waals surface area contributed by atoms with Crippen LogP contribution < -0.4 is 11.1 Å². The lowest BCUT2D eigenvalue weighted by atomic mass is 10.0. The van der Waals surface area contributed by atoms with Gasteiger partial charge in [0, 0.05) is 23.4 Å². The monoisotopic (exact) mass is 272 g/mol. The van der Waals surface area contributed by atoms with Crippen molar-refractivity contribution in [1.29, 1.82) is 0 Å². The summed E-state index contributed by atoms with van der Waals surface area (Å²) in [5.41, 5.74) is 7.99. The van der Waals surface area contributed by atoms with E-state index in [0.29, 0.717) is 16.8 Å². The minimum Gasteiger partial charge on any atom is -0.326 e. The van der Waals surface area contributed by atoms with Gasteiger partial charge in [0.2, 0.25) is 0 Å². The fraction of sp³-hybridized carbons (Fsp3) is 0.188. The van der Waals surface area contributed by atoms with E-state index in [1.54, 1.807) is 12.1 Å². The molecule has 0 heterocycles. The molecule has 104 valence electrons. The highest BCUT2D eigenvalue weighted by Crippen LogP contribution is 2.17. The van der Waals surface area contributed by atoms with E-state index in [2.05, 4.69) is 5.32 Å². The molecule has 0 aliphatic rings. The summed E-state index contributed by atoms with van der Waals surface area (Å²) in [6.07, 6.45) is 0.779. The maximum absolute atomic E-state index is 13.4. The number of benzene rings is 2. The van der Waals surface area contributed by atoms with Crippen LogP contribution in [0.5, 0.6) is 0 Å².